The van der Waals surface area contributed by atoms with Gasteiger partial charge in [-0.25, -0.2) is 4.39 Å². The van der Waals surface area contributed by atoms with Crippen molar-refractivity contribution in [1.29, 1.82) is 0 Å². The molecule has 0 aliphatic carbocycles. The van der Waals surface area contributed by atoms with Crippen LogP contribution in [0.5, 0.6) is 5.75 Å². The molecule has 0 amide bonds. The lowest BCUT2D eigenvalue weighted by Gasteiger charge is -2.10. The quantitative estimate of drug-likeness (QED) is 0.919. The van der Waals surface area contributed by atoms with Gasteiger partial charge < -0.3 is 10.5 Å². The highest BCUT2D eigenvalue weighted by atomic mass is 35.5. The lowest BCUT2D eigenvalue weighted by atomic mass is 10.1. The fraction of sp³-hybridized carbons (Fsp3) is 0.143. The summed E-state index contributed by atoms with van der Waals surface area (Å²) >= 11 is 12.0. The molecule has 19 heavy (non-hydrogen) atoms. The number of para-hydroxylation sites is 1. The van der Waals surface area contributed by atoms with Crippen molar-refractivity contribution >= 4 is 23.2 Å². The van der Waals surface area contributed by atoms with Crippen LogP contribution in [0.3, 0.4) is 0 Å². The molecule has 2 rings (SSSR count). The largest absolute Gasteiger partial charge is 0.486 e. The molecule has 2 aromatic rings. The molecule has 5 heteroatoms. The van der Waals surface area contributed by atoms with Crippen LogP contribution in [0.4, 0.5) is 4.39 Å². The van der Waals surface area contributed by atoms with Gasteiger partial charge in [-0.05, 0) is 35.4 Å². The van der Waals surface area contributed by atoms with Gasteiger partial charge in [0.25, 0.3) is 0 Å². The van der Waals surface area contributed by atoms with Crippen molar-refractivity contribution in [1.82, 2.24) is 0 Å². The predicted octanol–water partition coefficient (Wildman–Crippen LogP) is 4.17. The molecule has 0 atom stereocenters. The third-order valence-electron chi connectivity index (χ3n) is 2.56. The zero-order valence-electron chi connectivity index (χ0n) is 10.00. The van der Waals surface area contributed by atoms with Crippen LogP contribution in [0.2, 0.25) is 10.0 Å². The fourth-order valence-electron chi connectivity index (χ4n) is 1.69. The summed E-state index contributed by atoms with van der Waals surface area (Å²) in [6.45, 7) is 0.450. The highest BCUT2D eigenvalue weighted by molar-refractivity contribution is 6.37. The van der Waals surface area contributed by atoms with E-state index in [0.29, 0.717) is 26.9 Å². The third kappa shape index (κ3) is 3.60. The van der Waals surface area contributed by atoms with Crippen molar-refractivity contribution in [2.75, 3.05) is 0 Å². The number of ether oxygens (including phenoxy) is 1. The van der Waals surface area contributed by atoms with Gasteiger partial charge in [0.05, 0.1) is 10.0 Å². The normalized spacial score (nSPS) is 10.5. The Morgan fingerprint density at radius 1 is 1.05 bits per heavy atom. The second-order valence-corrected chi connectivity index (χ2v) is 4.83. The highest BCUT2D eigenvalue weighted by Crippen LogP contribution is 2.32. The molecule has 0 aromatic heterocycles. The Hall–Kier alpha value is -1.29. The third-order valence-corrected chi connectivity index (χ3v) is 3.15. The molecule has 0 radical (unpaired) electrons. The minimum Gasteiger partial charge on any atom is -0.486 e. The molecule has 100 valence electrons. The molecule has 0 aliphatic heterocycles. The Morgan fingerprint density at radius 3 is 2.32 bits per heavy atom. The van der Waals surface area contributed by atoms with Crippen LogP contribution in [0.15, 0.2) is 36.4 Å². The van der Waals surface area contributed by atoms with E-state index in [1.54, 1.807) is 24.3 Å². The van der Waals surface area contributed by atoms with Gasteiger partial charge in [0.2, 0.25) is 0 Å². The zero-order valence-corrected chi connectivity index (χ0v) is 11.5. The summed E-state index contributed by atoms with van der Waals surface area (Å²) < 4.78 is 18.9. The molecule has 0 saturated carbocycles. The molecular weight excluding hydrogens is 288 g/mol. The maximum Gasteiger partial charge on any atom is 0.156 e. The monoisotopic (exact) mass is 299 g/mol. The minimum absolute atomic E-state index is 0.175. The second-order valence-electron chi connectivity index (χ2n) is 4.01. The molecule has 2 aromatic carbocycles. The first-order valence-electron chi connectivity index (χ1n) is 5.65. The van der Waals surface area contributed by atoms with E-state index in [4.69, 9.17) is 33.7 Å². The number of hydrogen-bond donors (Lipinski definition) is 1. The summed E-state index contributed by atoms with van der Waals surface area (Å²) in [5.41, 5.74) is 6.88. The van der Waals surface area contributed by atoms with E-state index in [0.717, 1.165) is 0 Å². The minimum atomic E-state index is -0.341. The van der Waals surface area contributed by atoms with E-state index in [9.17, 15) is 4.39 Å². The Balaban J connectivity index is 2.16. The van der Waals surface area contributed by atoms with Crippen molar-refractivity contribution in [2.45, 2.75) is 13.2 Å². The molecule has 0 aliphatic rings. The van der Waals surface area contributed by atoms with Gasteiger partial charge in [0.15, 0.2) is 5.75 Å². The van der Waals surface area contributed by atoms with E-state index in [-0.39, 0.29) is 19.0 Å². The van der Waals surface area contributed by atoms with E-state index in [1.807, 2.05) is 0 Å². The molecule has 2 nitrogen and oxygen atoms in total. The number of nitrogens with two attached hydrogens (primary N) is 1. The van der Waals surface area contributed by atoms with Gasteiger partial charge in [-0.1, -0.05) is 35.3 Å². The molecule has 0 fully saturated rings. The van der Waals surface area contributed by atoms with Gasteiger partial charge in [-0.2, -0.15) is 0 Å². The Bertz CT molecular complexity index is 569. The lowest BCUT2D eigenvalue weighted by Crippen LogP contribution is -2.02. The summed E-state index contributed by atoms with van der Waals surface area (Å²) in [4.78, 5) is 0. The average Bonchev–Trinajstić information content (AvgIpc) is 2.37. The van der Waals surface area contributed by atoms with E-state index in [2.05, 4.69) is 0 Å². The van der Waals surface area contributed by atoms with Gasteiger partial charge in [0.1, 0.15) is 12.4 Å². The first kappa shape index (κ1) is 14.1. The Kier molecular flexibility index (Phi) is 4.64. The molecule has 0 unspecified atom stereocenters. The van der Waals surface area contributed by atoms with Crippen LogP contribution in [-0.4, -0.2) is 0 Å². The maximum atomic E-state index is 13.3. The van der Waals surface area contributed by atoms with Gasteiger partial charge in [-0.15, -0.1) is 0 Å². The Labute approximate surface area is 120 Å². The van der Waals surface area contributed by atoms with Gasteiger partial charge in [-0.3, -0.25) is 0 Å². The number of hydrogen-bond acceptors (Lipinski definition) is 2. The van der Waals surface area contributed by atoms with Crippen LogP contribution >= 0.6 is 23.2 Å². The van der Waals surface area contributed by atoms with E-state index < -0.39 is 0 Å². The molecule has 0 spiro atoms. The average molecular weight is 300 g/mol. The van der Waals surface area contributed by atoms with Crippen molar-refractivity contribution in [2.24, 2.45) is 5.73 Å². The summed E-state index contributed by atoms with van der Waals surface area (Å²) in [7, 11) is 0. The van der Waals surface area contributed by atoms with Crippen molar-refractivity contribution in [3.63, 3.8) is 0 Å². The fourth-order valence-corrected chi connectivity index (χ4v) is 2.20. The Morgan fingerprint density at radius 2 is 1.68 bits per heavy atom. The number of rotatable bonds is 4. The van der Waals surface area contributed by atoms with Crippen LogP contribution < -0.4 is 10.5 Å². The van der Waals surface area contributed by atoms with Crippen LogP contribution in [-0.2, 0) is 13.2 Å². The van der Waals surface area contributed by atoms with Crippen LogP contribution in [0, 0.1) is 5.82 Å². The highest BCUT2D eigenvalue weighted by Gasteiger charge is 2.07. The lowest BCUT2D eigenvalue weighted by molar-refractivity contribution is 0.306. The molecule has 0 heterocycles. The first-order chi connectivity index (χ1) is 9.10. The van der Waals surface area contributed by atoms with Crippen molar-refractivity contribution in [3.8, 4) is 5.75 Å². The molecule has 0 saturated heterocycles. The summed E-state index contributed by atoms with van der Waals surface area (Å²) in [5, 5.41) is 0.839. The van der Waals surface area contributed by atoms with Crippen LogP contribution in [0.25, 0.3) is 0 Å². The predicted molar refractivity (Wildman–Crippen MR) is 75.1 cm³/mol. The number of halogens is 3. The zero-order chi connectivity index (χ0) is 13.8. The van der Waals surface area contributed by atoms with Crippen LogP contribution in [0.1, 0.15) is 11.1 Å². The summed E-state index contributed by atoms with van der Waals surface area (Å²) in [6, 6.07) is 9.66. The molecular formula is C14H12Cl2FNO. The van der Waals surface area contributed by atoms with Crippen molar-refractivity contribution < 1.29 is 9.13 Å². The smallest absolute Gasteiger partial charge is 0.156 e. The number of benzene rings is 2. The maximum absolute atomic E-state index is 13.3. The molecule has 0 bridgehead atoms. The van der Waals surface area contributed by atoms with Gasteiger partial charge in [0, 0.05) is 6.54 Å². The summed E-state index contributed by atoms with van der Waals surface area (Å²) in [6.07, 6.45) is 0. The van der Waals surface area contributed by atoms with E-state index >= 15 is 0 Å². The topological polar surface area (TPSA) is 35.2 Å². The van der Waals surface area contributed by atoms with Gasteiger partial charge >= 0.3 is 0 Å². The summed E-state index contributed by atoms with van der Waals surface area (Å²) in [5.74, 6) is 0.0520. The second kappa shape index (κ2) is 6.24. The molecule has 2 N–H and O–H groups in total. The SMILES string of the molecule is NCc1cc(F)cc(COc2c(Cl)cccc2Cl)c1. The van der Waals surface area contributed by atoms with E-state index in [1.165, 1.54) is 12.1 Å². The first-order valence-corrected chi connectivity index (χ1v) is 6.41. The van der Waals surface area contributed by atoms with Crippen molar-refractivity contribution in [3.05, 3.63) is 63.4 Å². The standard InChI is InChI=1S/C14H12Cl2FNO/c15-12-2-1-3-13(16)14(12)19-8-10-4-9(7-18)5-11(17)6-10/h1-6H,7-8,18H2.